The second-order valence-corrected chi connectivity index (χ2v) is 6.01. The fraction of sp³-hybridized carbons (Fsp3) is 0.188. The van der Waals surface area contributed by atoms with E-state index in [9.17, 15) is 4.79 Å². The Balaban J connectivity index is 1.71. The number of benzene rings is 2. The second-order valence-electron chi connectivity index (χ2n) is 4.56. The van der Waals surface area contributed by atoms with E-state index in [2.05, 4.69) is 17.4 Å². The number of rotatable bonds is 6. The summed E-state index contributed by atoms with van der Waals surface area (Å²) in [5, 5.41) is 3.43. The van der Waals surface area contributed by atoms with Gasteiger partial charge in [0.2, 0.25) is 5.91 Å². The van der Waals surface area contributed by atoms with E-state index in [-0.39, 0.29) is 5.91 Å². The van der Waals surface area contributed by atoms with E-state index in [1.807, 2.05) is 24.3 Å². The van der Waals surface area contributed by atoms with Crippen LogP contribution in [-0.4, -0.2) is 18.2 Å². The molecule has 3 N–H and O–H groups in total. The molecule has 0 atom stereocenters. The average Bonchev–Trinajstić information content (AvgIpc) is 2.49. The summed E-state index contributed by atoms with van der Waals surface area (Å²) >= 11 is 7.39. The summed E-state index contributed by atoms with van der Waals surface area (Å²) in [5.41, 5.74) is 7.41. The van der Waals surface area contributed by atoms with Crippen molar-refractivity contribution in [1.29, 1.82) is 0 Å². The Morgan fingerprint density at radius 3 is 2.67 bits per heavy atom. The number of nitrogens with two attached hydrogens (primary N) is 1. The number of anilines is 1. The SMILES string of the molecule is Nc1ccc(SCC(=O)NCCc2ccccc2)cc1Cl. The molecule has 0 aliphatic heterocycles. The number of carbonyl (C=O) groups is 1. The lowest BCUT2D eigenvalue weighted by Crippen LogP contribution is -2.27. The van der Waals surface area contributed by atoms with Gasteiger partial charge in [-0.05, 0) is 30.2 Å². The Morgan fingerprint density at radius 1 is 1.19 bits per heavy atom. The van der Waals surface area contributed by atoms with Gasteiger partial charge < -0.3 is 11.1 Å². The molecule has 0 aromatic heterocycles. The highest BCUT2D eigenvalue weighted by Gasteiger charge is 2.04. The predicted molar refractivity (Wildman–Crippen MR) is 89.7 cm³/mol. The van der Waals surface area contributed by atoms with Crippen molar-refractivity contribution in [3.63, 3.8) is 0 Å². The first-order chi connectivity index (χ1) is 10.1. The number of nitrogens with one attached hydrogen (secondary N) is 1. The van der Waals surface area contributed by atoms with Gasteiger partial charge in [-0.1, -0.05) is 41.9 Å². The van der Waals surface area contributed by atoms with Crippen molar-refractivity contribution in [2.75, 3.05) is 18.0 Å². The Bertz CT molecular complexity index is 604. The number of amides is 1. The zero-order valence-corrected chi connectivity index (χ0v) is 13.1. The first-order valence-corrected chi connectivity index (χ1v) is 8.00. The standard InChI is InChI=1S/C16H17ClN2OS/c17-14-10-13(6-7-15(14)18)21-11-16(20)19-9-8-12-4-2-1-3-5-12/h1-7,10H,8-9,11,18H2,(H,19,20). The summed E-state index contributed by atoms with van der Waals surface area (Å²) in [6.45, 7) is 0.645. The minimum atomic E-state index is 0.0175. The topological polar surface area (TPSA) is 55.1 Å². The van der Waals surface area contributed by atoms with Crippen LogP contribution in [0.25, 0.3) is 0 Å². The van der Waals surface area contributed by atoms with Crippen molar-refractivity contribution in [1.82, 2.24) is 5.32 Å². The maximum Gasteiger partial charge on any atom is 0.230 e. The highest BCUT2D eigenvalue weighted by Crippen LogP contribution is 2.26. The molecule has 0 aliphatic carbocycles. The van der Waals surface area contributed by atoms with E-state index in [1.54, 1.807) is 12.1 Å². The van der Waals surface area contributed by atoms with E-state index in [4.69, 9.17) is 17.3 Å². The molecule has 110 valence electrons. The van der Waals surface area contributed by atoms with Crippen LogP contribution < -0.4 is 11.1 Å². The Hall–Kier alpha value is -1.65. The average molecular weight is 321 g/mol. The molecule has 0 saturated carbocycles. The fourth-order valence-electron chi connectivity index (χ4n) is 1.79. The molecule has 0 spiro atoms. The van der Waals surface area contributed by atoms with Crippen LogP contribution in [0.4, 0.5) is 5.69 Å². The van der Waals surface area contributed by atoms with Gasteiger partial charge in [0, 0.05) is 11.4 Å². The van der Waals surface area contributed by atoms with Crippen LogP contribution in [0.3, 0.4) is 0 Å². The van der Waals surface area contributed by atoms with Gasteiger partial charge in [-0.25, -0.2) is 0 Å². The lowest BCUT2D eigenvalue weighted by molar-refractivity contribution is -0.118. The van der Waals surface area contributed by atoms with Crippen molar-refractivity contribution in [2.24, 2.45) is 0 Å². The lowest BCUT2D eigenvalue weighted by atomic mass is 10.1. The van der Waals surface area contributed by atoms with E-state index < -0.39 is 0 Å². The fourth-order valence-corrected chi connectivity index (χ4v) is 2.80. The highest BCUT2D eigenvalue weighted by atomic mass is 35.5. The van der Waals surface area contributed by atoms with Gasteiger partial charge in [-0.15, -0.1) is 11.8 Å². The van der Waals surface area contributed by atoms with Crippen molar-refractivity contribution >= 4 is 35.0 Å². The monoisotopic (exact) mass is 320 g/mol. The third-order valence-electron chi connectivity index (χ3n) is 2.92. The molecule has 5 heteroatoms. The summed E-state index contributed by atoms with van der Waals surface area (Å²) in [5.74, 6) is 0.388. The minimum absolute atomic E-state index is 0.0175. The smallest absolute Gasteiger partial charge is 0.230 e. The summed E-state index contributed by atoms with van der Waals surface area (Å²) in [6, 6.07) is 15.5. The van der Waals surface area contributed by atoms with Gasteiger partial charge in [0.25, 0.3) is 0 Å². The van der Waals surface area contributed by atoms with Gasteiger partial charge in [0.15, 0.2) is 0 Å². The van der Waals surface area contributed by atoms with Crippen LogP contribution >= 0.6 is 23.4 Å². The third kappa shape index (κ3) is 5.33. The molecular formula is C16H17ClN2OS. The van der Waals surface area contributed by atoms with Crippen LogP contribution in [0.2, 0.25) is 5.02 Å². The molecule has 0 aliphatic rings. The van der Waals surface area contributed by atoms with Crippen LogP contribution in [0.15, 0.2) is 53.4 Å². The Morgan fingerprint density at radius 2 is 1.95 bits per heavy atom. The van der Waals surface area contributed by atoms with E-state index in [0.717, 1.165) is 11.3 Å². The van der Waals surface area contributed by atoms with Crippen LogP contribution in [0, 0.1) is 0 Å². The molecule has 0 radical (unpaired) electrons. The third-order valence-corrected chi connectivity index (χ3v) is 4.24. The van der Waals surface area contributed by atoms with Crippen LogP contribution in [0.5, 0.6) is 0 Å². The maximum atomic E-state index is 11.8. The maximum absolute atomic E-state index is 11.8. The Kier molecular flexibility index (Phi) is 5.96. The molecule has 1 amide bonds. The minimum Gasteiger partial charge on any atom is -0.398 e. The molecule has 0 unspecified atom stereocenters. The first kappa shape index (κ1) is 15.7. The molecule has 21 heavy (non-hydrogen) atoms. The van der Waals surface area contributed by atoms with Crippen LogP contribution in [-0.2, 0) is 11.2 Å². The summed E-state index contributed by atoms with van der Waals surface area (Å²) in [6.07, 6.45) is 0.838. The van der Waals surface area contributed by atoms with Gasteiger partial charge in [0.05, 0.1) is 16.5 Å². The molecule has 3 nitrogen and oxygen atoms in total. The predicted octanol–water partition coefficient (Wildman–Crippen LogP) is 3.37. The second kappa shape index (κ2) is 7.96. The normalized spacial score (nSPS) is 10.3. The van der Waals surface area contributed by atoms with Crippen LogP contribution in [0.1, 0.15) is 5.56 Å². The highest BCUT2D eigenvalue weighted by molar-refractivity contribution is 8.00. The van der Waals surface area contributed by atoms with Crippen molar-refractivity contribution in [2.45, 2.75) is 11.3 Å². The molecule has 0 saturated heterocycles. The number of thioether (sulfide) groups is 1. The van der Waals surface area contributed by atoms with Crippen molar-refractivity contribution in [3.8, 4) is 0 Å². The molecular weight excluding hydrogens is 304 g/mol. The molecule has 0 bridgehead atoms. The number of hydrogen-bond acceptors (Lipinski definition) is 3. The number of carbonyl (C=O) groups excluding carboxylic acids is 1. The van der Waals surface area contributed by atoms with Crippen molar-refractivity contribution < 1.29 is 4.79 Å². The number of halogens is 1. The largest absolute Gasteiger partial charge is 0.398 e. The Labute approximate surface area is 133 Å². The quantitative estimate of drug-likeness (QED) is 0.634. The summed E-state index contributed by atoms with van der Waals surface area (Å²) in [4.78, 5) is 12.7. The molecule has 2 aromatic carbocycles. The zero-order valence-electron chi connectivity index (χ0n) is 11.5. The number of nitrogen functional groups attached to an aromatic ring is 1. The molecule has 0 fully saturated rings. The van der Waals surface area contributed by atoms with E-state index in [1.165, 1.54) is 17.3 Å². The van der Waals surface area contributed by atoms with Gasteiger partial charge >= 0.3 is 0 Å². The summed E-state index contributed by atoms with van der Waals surface area (Å²) < 4.78 is 0. The number of hydrogen-bond donors (Lipinski definition) is 2. The van der Waals surface area contributed by atoms with E-state index >= 15 is 0 Å². The molecule has 2 rings (SSSR count). The zero-order chi connectivity index (χ0) is 15.1. The molecule has 2 aromatic rings. The first-order valence-electron chi connectivity index (χ1n) is 6.63. The lowest BCUT2D eigenvalue weighted by Gasteiger charge is -2.06. The van der Waals surface area contributed by atoms with Gasteiger partial charge in [0.1, 0.15) is 0 Å². The molecule has 0 heterocycles. The van der Waals surface area contributed by atoms with Gasteiger partial charge in [-0.2, -0.15) is 0 Å². The van der Waals surface area contributed by atoms with Crippen molar-refractivity contribution in [3.05, 3.63) is 59.1 Å². The van der Waals surface area contributed by atoms with E-state index in [0.29, 0.717) is 23.0 Å². The van der Waals surface area contributed by atoms with Gasteiger partial charge in [-0.3, -0.25) is 4.79 Å². The summed E-state index contributed by atoms with van der Waals surface area (Å²) in [7, 11) is 0.